The topological polar surface area (TPSA) is 58.6 Å². The van der Waals surface area contributed by atoms with Crippen LogP contribution in [-0.2, 0) is 9.53 Å². The minimum absolute atomic E-state index is 0.215. The lowest BCUT2D eigenvalue weighted by molar-refractivity contribution is -0.142. The number of hydrogen-bond donors (Lipinski definition) is 2. The van der Waals surface area contributed by atoms with Gasteiger partial charge in [-0.15, -0.1) is 0 Å². The van der Waals surface area contributed by atoms with Gasteiger partial charge in [-0.3, -0.25) is 4.79 Å². The fourth-order valence-electron chi connectivity index (χ4n) is 2.08. The smallest absolute Gasteiger partial charge is 0.314 e. The van der Waals surface area contributed by atoms with Crippen molar-refractivity contribution in [3.05, 3.63) is 35.9 Å². The van der Waals surface area contributed by atoms with E-state index in [4.69, 9.17) is 9.84 Å². The molecule has 0 fully saturated rings. The molecule has 112 valence electrons. The summed E-state index contributed by atoms with van der Waals surface area (Å²) in [6.45, 7) is 3.67. The van der Waals surface area contributed by atoms with Crippen LogP contribution in [0.1, 0.15) is 31.2 Å². The van der Waals surface area contributed by atoms with Crippen molar-refractivity contribution in [2.24, 2.45) is 5.92 Å². The maximum atomic E-state index is 11.8. The number of esters is 1. The Bertz CT molecular complexity index is 381. The Balaban J connectivity index is 2.41. The maximum absolute atomic E-state index is 11.8. The van der Waals surface area contributed by atoms with Crippen LogP contribution in [0.2, 0.25) is 0 Å². The first-order valence-corrected chi connectivity index (χ1v) is 7.13. The van der Waals surface area contributed by atoms with E-state index in [2.05, 4.69) is 5.32 Å². The summed E-state index contributed by atoms with van der Waals surface area (Å²) in [6.07, 6.45) is 1.97. The van der Waals surface area contributed by atoms with Gasteiger partial charge in [-0.2, -0.15) is 0 Å². The number of hydrogen-bond acceptors (Lipinski definition) is 4. The maximum Gasteiger partial charge on any atom is 0.314 e. The largest absolute Gasteiger partial charge is 0.469 e. The molecule has 2 atom stereocenters. The lowest BCUT2D eigenvalue weighted by Gasteiger charge is -2.16. The van der Waals surface area contributed by atoms with Crippen molar-refractivity contribution in [1.82, 2.24) is 5.32 Å². The van der Waals surface area contributed by atoms with E-state index >= 15 is 0 Å². The summed E-state index contributed by atoms with van der Waals surface area (Å²) in [7, 11) is 1.42. The highest BCUT2D eigenvalue weighted by atomic mass is 16.5. The highest BCUT2D eigenvalue weighted by Gasteiger charge is 2.20. The van der Waals surface area contributed by atoms with Crippen LogP contribution in [0.3, 0.4) is 0 Å². The van der Waals surface area contributed by atoms with Gasteiger partial charge in [0.2, 0.25) is 0 Å². The fourth-order valence-corrected chi connectivity index (χ4v) is 2.08. The van der Waals surface area contributed by atoms with Gasteiger partial charge in [0.15, 0.2) is 0 Å². The van der Waals surface area contributed by atoms with Crippen LogP contribution in [0, 0.1) is 5.92 Å². The summed E-state index contributed by atoms with van der Waals surface area (Å²) < 4.78 is 4.87. The van der Waals surface area contributed by atoms with E-state index in [0.29, 0.717) is 12.5 Å². The zero-order valence-electron chi connectivity index (χ0n) is 12.3. The minimum Gasteiger partial charge on any atom is -0.469 e. The molecule has 4 nitrogen and oxygen atoms in total. The molecular formula is C16H25NO3. The lowest BCUT2D eigenvalue weighted by atomic mass is 9.99. The highest BCUT2D eigenvalue weighted by molar-refractivity contribution is 5.78. The SMILES string of the molecule is COC(=O)C(CNCCCC(C)CO)c1ccccc1. The molecule has 0 aromatic heterocycles. The quantitative estimate of drug-likeness (QED) is 0.536. The number of methoxy groups -OCH3 is 1. The number of ether oxygens (including phenoxy) is 1. The summed E-state index contributed by atoms with van der Waals surface area (Å²) in [5.41, 5.74) is 0.968. The normalized spacial score (nSPS) is 13.8. The van der Waals surface area contributed by atoms with Gasteiger partial charge < -0.3 is 15.2 Å². The van der Waals surface area contributed by atoms with Crippen LogP contribution >= 0.6 is 0 Å². The minimum atomic E-state index is -0.267. The Morgan fingerprint density at radius 3 is 2.65 bits per heavy atom. The van der Waals surface area contributed by atoms with Crippen molar-refractivity contribution >= 4 is 5.97 Å². The molecular weight excluding hydrogens is 254 g/mol. The molecule has 0 saturated carbocycles. The van der Waals surface area contributed by atoms with Gasteiger partial charge in [-0.25, -0.2) is 0 Å². The molecule has 0 aliphatic carbocycles. The summed E-state index contributed by atoms with van der Waals surface area (Å²) >= 11 is 0. The van der Waals surface area contributed by atoms with Crippen molar-refractivity contribution in [2.45, 2.75) is 25.7 Å². The zero-order chi connectivity index (χ0) is 14.8. The monoisotopic (exact) mass is 279 g/mol. The third-order valence-corrected chi connectivity index (χ3v) is 3.40. The van der Waals surface area contributed by atoms with E-state index in [9.17, 15) is 4.79 Å². The Morgan fingerprint density at radius 1 is 1.35 bits per heavy atom. The van der Waals surface area contributed by atoms with Crippen molar-refractivity contribution in [3.63, 3.8) is 0 Å². The number of aliphatic hydroxyl groups is 1. The van der Waals surface area contributed by atoms with Crippen LogP contribution in [0.5, 0.6) is 0 Å². The number of benzene rings is 1. The van der Waals surface area contributed by atoms with E-state index in [0.717, 1.165) is 24.9 Å². The van der Waals surface area contributed by atoms with Gasteiger partial charge in [0.1, 0.15) is 0 Å². The molecule has 0 bridgehead atoms. The van der Waals surface area contributed by atoms with Crippen LogP contribution in [0.15, 0.2) is 30.3 Å². The first kappa shape index (κ1) is 16.7. The molecule has 0 heterocycles. The van der Waals surface area contributed by atoms with Crippen molar-refractivity contribution in [3.8, 4) is 0 Å². The number of carbonyl (C=O) groups excluding carboxylic acids is 1. The van der Waals surface area contributed by atoms with E-state index in [1.807, 2.05) is 37.3 Å². The predicted octanol–water partition coefficient (Wildman–Crippen LogP) is 1.94. The number of carbonyl (C=O) groups is 1. The summed E-state index contributed by atoms with van der Waals surface area (Å²) in [5, 5.41) is 12.2. The second-order valence-corrected chi connectivity index (χ2v) is 5.12. The third-order valence-electron chi connectivity index (χ3n) is 3.40. The molecule has 1 rings (SSSR count). The Labute approximate surface area is 121 Å². The van der Waals surface area contributed by atoms with Crippen LogP contribution < -0.4 is 5.32 Å². The molecule has 4 heteroatoms. The van der Waals surface area contributed by atoms with Crippen LogP contribution in [-0.4, -0.2) is 37.9 Å². The summed E-state index contributed by atoms with van der Waals surface area (Å²) in [6, 6.07) is 9.66. The fraction of sp³-hybridized carbons (Fsp3) is 0.562. The van der Waals surface area contributed by atoms with Gasteiger partial charge in [-0.05, 0) is 30.9 Å². The van der Waals surface area contributed by atoms with E-state index in [1.54, 1.807) is 0 Å². The second-order valence-electron chi connectivity index (χ2n) is 5.12. The van der Waals surface area contributed by atoms with Gasteiger partial charge in [0.05, 0.1) is 13.0 Å². The molecule has 1 aromatic carbocycles. The Morgan fingerprint density at radius 2 is 2.05 bits per heavy atom. The molecule has 20 heavy (non-hydrogen) atoms. The first-order chi connectivity index (χ1) is 9.69. The van der Waals surface area contributed by atoms with Crippen molar-refractivity contribution in [1.29, 1.82) is 0 Å². The number of nitrogens with one attached hydrogen (secondary N) is 1. The summed E-state index contributed by atoms with van der Waals surface area (Å²) in [4.78, 5) is 11.8. The van der Waals surface area contributed by atoms with Gasteiger partial charge in [-0.1, -0.05) is 37.3 Å². The average Bonchev–Trinajstić information content (AvgIpc) is 2.50. The standard InChI is InChI=1S/C16H25NO3/c1-13(12-18)7-6-10-17-11-15(16(19)20-2)14-8-4-3-5-9-14/h3-5,8-9,13,15,17-18H,6-7,10-12H2,1-2H3. The van der Waals surface area contributed by atoms with Gasteiger partial charge in [0.25, 0.3) is 0 Å². The molecule has 0 radical (unpaired) electrons. The second kappa shape index (κ2) is 9.50. The number of aliphatic hydroxyl groups excluding tert-OH is 1. The lowest BCUT2D eigenvalue weighted by Crippen LogP contribution is -2.28. The molecule has 0 spiro atoms. The Kier molecular flexibility index (Phi) is 7.92. The predicted molar refractivity (Wildman–Crippen MR) is 79.6 cm³/mol. The van der Waals surface area contributed by atoms with Gasteiger partial charge in [0, 0.05) is 13.2 Å². The first-order valence-electron chi connectivity index (χ1n) is 7.13. The van der Waals surface area contributed by atoms with Crippen LogP contribution in [0.4, 0.5) is 0 Å². The molecule has 0 amide bonds. The highest BCUT2D eigenvalue weighted by Crippen LogP contribution is 2.16. The molecule has 2 N–H and O–H groups in total. The van der Waals surface area contributed by atoms with E-state index in [-0.39, 0.29) is 18.5 Å². The zero-order valence-corrected chi connectivity index (χ0v) is 12.3. The number of rotatable bonds is 9. The molecule has 0 saturated heterocycles. The van der Waals surface area contributed by atoms with E-state index in [1.165, 1.54) is 7.11 Å². The van der Waals surface area contributed by atoms with Gasteiger partial charge >= 0.3 is 5.97 Å². The third kappa shape index (κ3) is 5.72. The average molecular weight is 279 g/mol. The molecule has 0 aliphatic rings. The van der Waals surface area contributed by atoms with Crippen LogP contribution in [0.25, 0.3) is 0 Å². The van der Waals surface area contributed by atoms with E-state index < -0.39 is 0 Å². The molecule has 1 aromatic rings. The molecule has 2 unspecified atom stereocenters. The Hall–Kier alpha value is -1.39. The molecule has 0 aliphatic heterocycles. The van der Waals surface area contributed by atoms with Crippen molar-refractivity contribution in [2.75, 3.05) is 26.8 Å². The summed E-state index contributed by atoms with van der Waals surface area (Å²) in [5.74, 6) is -0.147. The van der Waals surface area contributed by atoms with Crippen molar-refractivity contribution < 1.29 is 14.6 Å².